The van der Waals surface area contributed by atoms with Crippen LogP contribution in [0, 0.1) is 0 Å². The first-order valence-electron chi connectivity index (χ1n) is 6.24. The Hall–Kier alpha value is -1.91. The predicted molar refractivity (Wildman–Crippen MR) is 87.5 cm³/mol. The lowest BCUT2D eigenvalue weighted by molar-refractivity contribution is 0.318. The van der Waals surface area contributed by atoms with Crippen molar-refractivity contribution >= 4 is 34.7 Å². The molecule has 0 saturated carbocycles. The summed E-state index contributed by atoms with van der Waals surface area (Å²) in [5, 5.41) is 12.8. The highest BCUT2D eigenvalue weighted by atomic mass is 35.5. The lowest BCUT2D eigenvalue weighted by Crippen LogP contribution is -2.18. The number of nitrogens with two attached hydrogens (primary N) is 1. The molecule has 0 amide bonds. The summed E-state index contributed by atoms with van der Waals surface area (Å²) in [6.07, 6.45) is 0. The molecule has 0 bridgehead atoms. The molecule has 2 rings (SSSR count). The molecule has 0 aliphatic heterocycles. The summed E-state index contributed by atoms with van der Waals surface area (Å²) in [4.78, 5) is 2.04. The number of halogens is 2. The summed E-state index contributed by atoms with van der Waals surface area (Å²) in [5.41, 5.74) is 8.26. The number of hydrogen-bond donors (Lipinski definition) is 2. The number of oxime groups is 1. The van der Waals surface area contributed by atoms with Gasteiger partial charge in [0.05, 0.1) is 10.0 Å². The van der Waals surface area contributed by atoms with E-state index in [0.29, 0.717) is 22.2 Å². The fraction of sp³-hybridized carbons (Fsp3) is 0.133. The molecule has 0 spiro atoms. The van der Waals surface area contributed by atoms with Crippen molar-refractivity contribution < 1.29 is 5.21 Å². The van der Waals surface area contributed by atoms with Gasteiger partial charge in [0.15, 0.2) is 5.84 Å². The molecule has 0 unspecified atom stereocenters. The SMILES string of the molecule is CN(Cc1ccc(Cl)c(Cl)c1)c1cccc(C(N)=NO)c1. The standard InChI is InChI=1S/C15H15Cl2N3O/c1-20(9-10-5-6-13(16)14(17)7-10)12-4-2-3-11(8-12)15(18)19-21/h2-8,21H,9H2,1H3,(H2,18,19). The van der Waals surface area contributed by atoms with Gasteiger partial charge in [-0.3, -0.25) is 0 Å². The third-order valence-corrected chi connectivity index (χ3v) is 3.83. The van der Waals surface area contributed by atoms with E-state index in [1.807, 2.05) is 42.3 Å². The molecule has 6 heteroatoms. The first-order chi connectivity index (χ1) is 10.0. The summed E-state index contributed by atoms with van der Waals surface area (Å²) in [6.45, 7) is 0.663. The maximum absolute atomic E-state index is 8.73. The van der Waals surface area contributed by atoms with Gasteiger partial charge >= 0.3 is 0 Å². The zero-order valence-electron chi connectivity index (χ0n) is 11.4. The second-order valence-corrected chi connectivity index (χ2v) is 5.45. The van der Waals surface area contributed by atoms with Crippen LogP contribution >= 0.6 is 23.2 Å². The van der Waals surface area contributed by atoms with Crippen LogP contribution in [-0.2, 0) is 6.54 Å². The zero-order valence-corrected chi connectivity index (χ0v) is 12.9. The van der Waals surface area contributed by atoms with Gasteiger partial charge in [-0.1, -0.05) is 46.6 Å². The van der Waals surface area contributed by atoms with Crippen molar-refractivity contribution in [3.05, 3.63) is 63.6 Å². The Balaban J connectivity index is 2.20. The van der Waals surface area contributed by atoms with E-state index < -0.39 is 0 Å². The third-order valence-electron chi connectivity index (χ3n) is 3.09. The molecular weight excluding hydrogens is 309 g/mol. The lowest BCUT2D eigenvalue weighted by Gasteiger charge is -2.20. The Morgan fingerprint density at radius 3 is 2.62 bits per heavy atom. The van der Waals surface area contributed by atoms with Crippen LogP contribution in [-0.4, -0.2) is 18.1 Å². The van der Waals surface area contributed by atoms with Gasteiger partial charge in [0.25, 0.3) is 0 Å². The molecule has 2 aromatic carbocycles. The monoisotopic (exact) mass is 323 g/mol. The van der Waals surface area contributed by atoms with Crippen molar-refractivity contribution in [2.45, 2.75) is 6.54 Å². The van der Waals surface area contributed by atoms with Gasteiger partial charge in [0.1, 0.15) is 0 Å². The second-order valence-electron chi connectivity index (χ2n) is 4.64. The molecule has 3 N–H and O–H groups in total. The maximum Gasteiger partial charge on any atom is 0.170 e. The average molecular weight is 324 g/mol. The quantitative estimate of drug-likeness (QED) is 0.390. The van der Waals surface area contributed by atoms with Crippen LogP contribution in [0.1, 0.15) is 11.1 Å². The zero-order chi connectivity index (χ0) is 15.4. The molecule has 0 heterocycles. The number of amidine groups is 1. The van der Waals surface area contributed by atoms with Crippen molar-refractivity contribution in [1.29, 1.82) is 0 Å². The number of hydrogen-bond acceptors (Lipinski definition) is 3. The van der Waals surface area contributed by atoms with Crippen LogP contribution in [0.4, 0.5) is 5.69 Å². The highest BCUT2D eigenvalue weighted by Gasteiger charge is 2.07. The van der Waals surface area contributed by atoms with Gasteiger partial charge in [0, 0.05) is 24.8 Å². The van der Waals surface area contributed by atoms with Gasteiger partial charge < -0.3 is 15.8 Å². The van der Waals surface area contributed by atoms with Crippen molar-refractivity contribution in [2.24, 2.45) is 10.9 Å². The van der Waals surface area contributed by atoms with Crippen molar-refractivity contribution in [2.75, 3.05) is 11.9 Å². The van der Waals surface area contributed by atoms with E-state index in [1.54, 1.807) is 12.1 Å². The topological polar surface area (TPSA) is 61.8 Å². The highest BCUT2D eigenvalue weighted by Crippen LogP contribution is 2.24. The smallest absolute Gasteiger partial charge is 0.170 e. The first kappa shape index (κ1) is 15.5. The number of nitrogens with zero attached hydrogens (tertiary/aromatic N) is 2. The molecule has 0 saturated heterocycles. The fourth-order valence-corrected chi connectivity index (χ4v) is 2.28. The summed E-state index contributed by atoms with van der Waals surface area (Å²) >= 11 is 11.9. The molecule has 0 aliphatic rings. The molecule has 4 nitrogen and oxygen atoms in total. The number of anilines is 1. The molecule has 110 valence electrons. The predicted octanol–water partition coefficient (Wildman–Crippen LogP) is 3.72. The van der Waals surface area contributed by atoms with E-state index in [2.05, 4.69) is 5.16 Å². The lowest BCUT2D eigenvalue weighted by atomic mass is 10.1. The van der Waals surface area contributed by atoms with Crippen LogP contribution in [0.15, 0.2) is 47.6 Å². The van der Waals surface area contributed by atoms with Crippen LogP contribution in [0.3, 0.4) is 0 Å². The van der Waals surface area contributed by atoms with Gasteiger partial charge in [0.2, 0.25) is 0 Å². The molecule has 0 fully saturated rings. The van der Waals surface area contributed by atoms with E-state index in [-0.39, 0.29) is 5.84 Å². The molecule has 0 aliphatic carbocycles. The maximum atomic E-state index is 8.73. The van der Waals surface area contributed by atoms with Crippen molar-refractivity contribution in [3.63, 3.8) is 0 Å². The second kappa shape index (κ2) is 6.70. The molecular formula is C15H15Cl2N3O. The summed E-state index contributed by atoms with van der Waals surface area (Å²) in [5.74, 6) is 0.0831. The molecule has 0 aromatic heterocycles. The van der Waals surface area contributed by atoms with Crippen LogP contribution in [0.25, 0.3) is 0 Å². The molecule has 0 radical (unpaired) electrons. The van der Waals surface area contributed by atoms with Crippen molar-refractivity contribution in [1.82, 2.24) is 0 Å². The van der Waals surface area contributed by atoms with Gasteiger partial charge in [-0.05, 0) is 29.8 Å². The largest absolute Gasteiger partial charge is 0.409 e. The minimum atomic E-state index is 0.0831. The van der Waals surface area contributed by atoms with Crippen LogP contribution in [0.2, 0.25) is 10.0 Å². The van der Waals surface area contributed by atoms with Gasteiger partial charge in [-0.15, -0.1) is 0 Å². The normalized spacial score (nSPS) is 11.5. The van der Waals surface area contributed by atoms with E-state index in [1.165, 1.54) is 0 Å². The minimum Gasteiger partial charge on any atom is -0.409 e. The van der Waals surface area contributed by atoms with E-state index in [9.17, 15) is 0 Å². The number of benzene rings is 2. The molecule has 0 atom stereocenters. The van der Waals surface area contributed by atoms with E-state index in [4.69, 9.17) is 34.1 Å². The van der Waals surface area contributed by atoms with Crippen LogP contribution in [0.5, 0.6) is 0 Å². The molecule has 21 heavy (non-hydrogen) atoms. The Bertz CT molecular complexity index is 674. The van der Waals surface area contributed by atoms with E-state index in [0.717, 1.165) is 11.3 Å². The Kier molecular flexibility index (Phi) is 4.94. The highest BCUT2D eigenvalue weighted by molar-refractivity contribution is 6.42. The van der Waals surface area contributed by atoms with E-state index >= 15 is 0 Å². The van der Waals surface area contributed by atoms with Crippen LogP contribution < -0.4 is 10.6 Å². The van der Waals surface area contributed by atoms with Gasteiger partial charge in [-0.25, -0.2) is 0 Å². The van der Waals surface area contributed by atoms with Gasteiger partial charge in [-0.2, -0.15) is 0 Å². The Morgan fingerprint density at radius 1 is 1.19 bits per heavy atom. The summed E-state index contributed by atoms with van der Waals surface area (Å²) in [7, 11) is 1.95. The Morgan fingerprint density at radius 2 is 1.95 bits per heavy atom. The summed E-state index contributed by atoms with van der Waals surface area (Å²) in [6, 6.07) is 13.0. The molecule has 2 aromatic rings. The first-order valence-corrected chi connectivity index (χ1v) is 7.00. The minimum absolute atomic E-state index is 0.0831. The van der Waals surface area contributed by atoms with Crippen molar-refractivity contribution in [3.8, 4) is 0 Å². The number of rotatable bonds is 4. The third kappa shape index (κ3) is 3.80. The average Bonchev–Trinajstić information content (AvgIpc) is 2.50. The summed E-state index contributed by atoms with van der Waals surface area (Å²) < 4.78 is 0. The fourth-order valence-electron chi connectivity index (χ4n) is 1.96. The Labute approximate surface area is 133 Å².